The topological polar surface area (TPSA) is 72.2 Å². The summed E-state index contributed by atoms with van der Waals surface area (Å²) in [4.78, 5) is 3.95. The Labute approximate surface area is 93.6 Å². The zero-order valence-electron chi connectivity index (χ0n) is 8.47. The highest BCUT2D eigenvalue weighted by molar-refractivity contribution is 7.99. The quantitative estimate of drug-likeness (QED) is 0.558. The molecule has 7 heteroatoms. The number of thioether (sulfide) groups is 1. The smallest absolute Gasteiger partial charge is 0.255 e. The Hall–Kier alpha value is -0.530. The molecule has 1 rings (SSSR count). The zero-order chi connectivity index (χ0) is 11.1. The Morgan fingerprint density at radius 3 is 2.93 bits per heavy atom. The summed E-state index contributed by atoms with van der Waals surface area (Å²) in [7, 11) is -2.85. The van der Waals surface area contributed by atoms with E-state index in [4.69, 9.17) is 4.42 Å². The van der Waals surface area contributed by atoms with Gasteiger partial charge in [0.1, 0.15) is 16.1 Å². The van der Waals surface area contributed by atoms with E-state index in [-0.39, 0.29) is 5.75 Å². The van der Waals surface area contributed by atoms with Crippen LogP contribution in [0.15, 0.2) is 22.1 Å². The maximum atomic E-state index is 10.8. The van der Waals surface area contributed by atoms with Gasteiger partial charge in [0.05, 0.1) is 11.9 Å². The molecule has 0 aliphatic rings. The second-order valence-electron chi connectivity index (χ2n) is 3.03. The molecule has 86 valence electrons. The molecule has 0 atom stereocenters. The third kappa shape index (κ3) is 6.53. The highest BCUT2D eigenvalue weighted by Crippen LogP contribution is 2.13. The van der Waals surface area contributed by atoms with Crippen molar-refractivity contribution >= 4 is 21.6 Å². The van der Waals surface area contributed by atoms with E-state index >= 15 is 0 Å². The number of hydrogen-bond acceptors (Lipinski definition) is 6. The normalized spacial score (nSPS) is 11.8. The molecule has 0 unspecified atom stereocenters. The molecule has 1 aromatic heterocycles. The van der Waals surface area contributed by atoms with Crippen LogP contribution < -0.4 is 5.32 Å². The highest BCUT2D eigenvalue weighted by atomic mass is 32.2. The molecule has 0 aromatic carbocycles. The summed E-state index contributed by atoms with van der Waals surface area (Å²) in [5.41, 5.74) is 0. The van der Waals surface area contributed by atoms with Gasteiger partial charge < -0.3 is 9.73 Å². The fourth-order valence-electron chi connectivity index (χ4n) is 0.875. The molecule has 0 spiro atoms. The second kappa shape index (κ2) is 6.14. The first-order valence-electron chi connectivity index (χ1n) is 4.49. The minimum Gasteiger partial charge on any atom is -0.440 e. The lowest BCUT2D eigenvalue weighted by atomic mass is 10.7. The number of nitrogens with zero attached hydrogens (tertiary/aromatic N) is 1. The maximum absolute atomic E-state index is 10.8. The van der Waals surface area contributed by atoms with E-state index < -0.39 is 9.84 Å². The fourth-order valence-corrected chi connectivity index (χ4v) is 2.07. The van der Waals surface area contributed by atoms with E-state index in [9.17, 15) is 8.42 Å². The predicted molar refractivity (Wildman–Crippen MR) is 59.8 cm³/mol. The molecule has 0 bridgehead atoms. The summed E-state index contributed by atoms with van der Waals surface area (Å²) < 4.78 is 26.6. The molecule has 1 aromatic rings. The lowest BCUT2D eigenvalue weighted by Gasteiger charge is -2.01. The predicted octanol–water partition coefficient (Wildman–Crippen LogP) is 0.401. The van der Waals surface area contributed by atoms with Crippen molar-refractivity contribution < 1.29 is 12.8 Å². The SMILES string of the molecule is CS(=O)(=O)CCNCCSc1ncco1. The van der Waals surface area contributed by atoms with Crippen molar-refractivity contribution in [3.05, 3.63) is 12.5 Å². The van der Waals surface area contributed by atoms with Crippen LogP contribution in [0.2, 0.25) is 0 Å². The van der Waals surface area contributed by atoms with Crippen LogP contribution in [-0.2, 0) is 9.84 Å². The third-order valence-corrected chi connectivity index (χ3v) is 3.37. The van der Waals surface area contributed by atoms with Gasteiger partial charge in [0.25, 0.3) is 5.22 Å². The van der Waals surface area contributed by atoms with Crippen molar-refractivity contribution in [2.45, 2.75) is 5.22 Å². The van der Waals surface area contributed by atoms with Crippen LogP contribution in [-0.4, -0.2) is 44.3 Å². The molecule has 1 heterocycles. The summed E-state index contributed by atoms with van der Waals surface area (Å²) in [5, 5.41) is 3.67. The molecule has 15 heavy (non-hydrogen) atoms. The Morgan fingerprint density at radius 2 is 2.33 bits per heavy atom. The number of aromatic nitrogens is 1. The van der Waals surface area contributed by atoms with Gasteiger partial charge in [-0.05, 0) is 0 Å². The van der Waals surface area contributed by atoms with Crippen molar-refractivity contribution in [3.63, 3.8) is 0 Å². The largest absolute Gasteiger partial charge is 0.440 e. The lowest BCUT2D eigenvalue weighted by Crippen LogP contribution is -2.24. The first-order chi connectivity index (χ1) is 7.08. The third-order valence-electron chi connectivity index (χ3n) is 1.56. The van der Waals surface area contributed by atoms with Crippen molar-refractivity contribution in [1.29, 1.82) is 0 Å². The number of hydrogen-bond donors (Lipinski definition) is 1. The van der Waals surface area contributed by atoms with Crippen molar-refractivity contribution in [2.75, 3.05) is 30.9 Å². The number of sulfone groups is 1. The van der Waals surface area contributed by atoms with E-state index in [1.807, 2.05) is 0 Å². The van der Waals surface area contributed by atoms with Crippen molar-refractivity contribution in [1.82, 2.24) is 10.3 Å². The summed E-state index contributed by atoms with van der Waals surface area (Å²) in [6.45, 7) is 1.23. The Kier molecular flexibility index (Phi) is 5.13. The van der Waals surface area contributed by atoms with Crippen LogP contribution in [0.5, 0.6) is 0 Å². The molecule has 0 radical (unpaired) electrons. The van der Waals surface area contributed by atoms with Crippen LogP contribution in [0.4, 0.5) is 0 Å². The summed E-state index contributed by atoms with van der Waals surface area (Å²) in [6, 6.07) is 0. The molecule has 0 aliphatic heterocycles. The molecule has 0 fully saturated rings. The minimum absolute atomic E-state index is 0.177. The lowest BCUT2D eigenvalue weighted by molar-refractivity contribution is 0.454. The molecule has 5 nitrogen and oxygen atoms in total. The highest BCUT2D eigenvalue weighted by Gasteiger charge is 2.01. The van der Waals surface area contributed by atoms with E-state index in [1.54, 1.807) is 6.20 Å². The van der Waals surface area contributed by atoms with Gasteiger partial charge in [-0.3, -0.25) is 0 Å². The van der Waals surface area contributed by atoms with Gasteiger partial charge in [-0.1, -0.05) is 11.8 Å². The van der Waals surface area contributed by atoms with Crippen LogP contribution in [0.25, 0.3) is 0 Å². The maximum Gasteiger partial charge on any atom is 0.255 e. The minimum atomic E-state index is -2.85. The average molecular weight is 250 g/mol. The van der Waals surface area contributed by atoms with Gasteiger partial charge in [-0.2, -0.15) is 0 Å². The summed E-state index contributed by atoms with van der Waals surface area (Å²) in [5.74, 6) is 0.987. The van der Waals surface area contributed by atoms with E-state index in [0.29, 0.717) is 11.8 Å². The van der Waals surface area contributed by atoms with Gasteiger partial charge in [0.2, 0.25) is 0 Å². The second-order valence-corrected chi connectivity index (χ2v) is 6.33. The first kappa shape index (κ1) is 12.5. The van der Waals surface area contributed by atoms with E-state index in [2.05, 4.69) is 10.3 Å². The standard InChI is InChI=1S/C8H14N2O3S2/c1-15(11,12)7-4-9-3-6-14-8-10-2-5-13-8/h2,5,9H,3-4,6-7H2,1H3. The van der Waals surface area contributed by atoms with Crippen molar-refractivity contribution in [2.24, 2.45) is 0 Å². The first-order valence-corrected chi connectivity index (χ1v) is 7.53. The summed E-state index contributed by atoms with van der Waals surface area (Å²) in [6.07, 6.45) is 4.36. The molecular formula is C8H14N2O3S2. The summed E-state index contributed by atoms with van der Waals surface area (Å²) >= 11 is 1.50. The van der Waals surface area contributed by atoms with Gasteiger partial charge >= 0.3 is 0 Å². The molecule has 0 amide bonds. The van der Waals surface area contributed by atoms with Crippen LogP contribution in [0.1, 0.15) is 0 Å². The monoisotopic (exact) mass is 250 g/mol. The van der Waals surface area contributed by atoms with Gasteiger partial charge in [0, 0.05) is 25.1 Å². The van der Waals surface area contributed by atoms with Crippen LogP contribution in [0.3, 0.4) is 0 Å². The molecule has 0 saturated heterocycles. The van der Waals surface area contributed by atoms with Gasteiger partial charge in [-0.15, -0.1) is 0 Å². The Morgan fingerprint density at radius 1 is 1.53 bits per heavy atom. The van der Waals surface area contributed by atoms with E-state index in [0.717, 1.165) is 12.3 Å². The number of nitrogens with one attached hydrogen (secondary N) is 1. The fraction of sp³-hybridized carbons (Fsp3) is 0.625. The number of rotatable bonds is 7. The average Bonchev–Trinajstić information content (AvgIpc) is 2.61. The van der Waals surface area contributed by atoms with Crippen LogP contribution >= 0.6 is 11.8 Å². The van der Waals surface area contributed by atoms with Gasteiger partial charge in [0.15, 0.2) is 0 Å². The molecule has 0 aliphatic carbocycles. The Bertz CT molecular complexity index is 361. The Balaban J connectivity index is 1.99. The molecular weight excluding hydrogens is 236 g/mol. The zero-order valence-corrected chi connectivity index (χ0v) is 10.1. The van der Waals surface area contributed by atoms with Crippen LogP contribution in [0, 0.1) is 0 Å². The molecule has 1 N–H and O–H groups in total. The van der Waals surface area contributed by atoms with E-state index in [1.165, 1.54) is 24.3 Å². The van der Waals surface area contributed by atoms with Crippen molar-refractivity contribution in [3.8, 4) is 0 Å². The van der Waals surface area contributed by atoms with Gasteiger partial charge in [-0.25, -0.2) is 13.4 Å². The number of oxazole rings is 1. The molecule has 0 saturated carbocycles.